The fourth-order valence-electron chi connectivity index (χ4n) is 2.76. The van der Waals surface area contributed by atoms with Crippen LogP contribution in [0.2, 0.25) is 0 Å². The van der Waals surface area contributed by atoms with Crippen LogP contribution in [0.1, 0.15) is 34.5 Å². The summed E-state index contributed by atoms with van der Waals surface area (Å²) >= 11 is 0. The zero-order valence-electron chi connectivity index (χ0n) is 13.0. The quantitative estimate of drug-likeness (QED) is 0.943. The predicted molar refractivity (Wildman–Crippen MR) is 84.3 cm³/mol. The number of ether oxygens (including phenoxy) is 1. The monoisotopic (exact) mass is 299 g/mol. The summed E-state index contributed by atoms with van der Waals surface area (Å²) in [7, 11) is 0. The maximum Gasteiger partial charge on any atom is 0.254 e. The summed E-state index contributed by atoms with van der Waals surface area (Å²) in [6, 6.07) is 8.07. The molecule has 5 nitrogen and oxygen atoms in total. The number of hydrogen-bond donors (Lipinski definition) is 1. The van der Waals surface area contributed by atoms with Crippen molar-refractivity contribution in [2.75, 3.05) is 13.2 Å². The molecule has 0 bridgehead atoms. The van der Waals surface area contributed by atoms with Crippen molar-refractivity contribution >= 4 is 5.91 Å². The molecule has 1 fully saturated rings. The number of benzene rings is 1. The molecule has 22 heavy (non-hydrogen) atoms. The summed E-state index contributed by atoms with van der Waals surface area (Å²) in [6.07, 6.45) is 3.87. The summed E-state index contributed by atoms with van der Waals surface area (Å²) in [4.78, 5) is 12.3. The molecule has 3 rings (SSSR count). The average molecular weight is 299 g/mol. The van der Waals surface area contributed by atoms with Gasteiger partial charge in [0, 0.05) is 13.2 Å². The van der Waals surface area contributed by atoms with E-state index in [2.05, 4.69) is 10.4 Å². The molecule has 116 valence electrons. The summed E-state index contributed by atoms with van der Waals surface area (Å²) in [5.41, 5.74) is 3.59. The van der Waals surface area contributed by atoms with Crippen LogP contribution in [0, 0.1) is 13.8 Å². The van der Waals surface area contributed by atoms with E-state index in [1.165, 1.54) is 0 Å². The van der Waals surface area contributed by atoms with E-state index in [1.807, 2.05) is 38.1 Å². The van der Waals surface area contributed by atoms with Crippen molar-refractivity contribution < 1.29 is 9.53 Å². The third-order valence-electron chi connectivity index (χ3n) is 4.01. The van der Waals surface area contributed by atoms with Crippen LogP contribution >= 0.6 is 0 Å². The number of carbonyl (C=O) groups excluding carboxylic acids is 1. The Kier molecular flexibility index (Phi) is 4.24. The zero-order chi connectivity index (χ0) is 15.5. The van der Waals surface area contributed by atoms with Crippen molar-refractivity contribution in [3.63, 3.8) is 0 Å². The van der Waals surface area contributed by atoms with Gasteiger partial charge < -0.3 is 10.1 Å². The van der Waals surface area contributed by atoms with Gasteiger partial charge in [-0.25, -0.2) is 4.68 Å². The van der Waals surface area contributed by atoms with Crippen molar-refractivity contribution in [3.8, 4) is 5.69 Å². The predicted octanol–water partition coefficient (Wildman–Crippen LogP) is 2.40. The number of rotatable bonds is 4. The lowest BCUT2D eigenvalue weighted by Gasteiger charge is -2.11. The van der Waals surface area contributed by atoms with E-state index in [0.717, 1.165) is 36.4 Å². The maximum absolute atomic E-state index is 12.3. The number of nitrogens with zero attached hydrogens (tertiary/aromatic N) is 2. The fraction of sp³-hybridized carbons (Fsp3) is 0.412. The maximum atomic E-state index is 12.3. The highest BCUT2D eigenvalue weighted by Gasteiger charge is 2.19. The molecule has 1 N–H and O–H groups in total. The van der Waals surface area contributed by atoms with Crippen LogP contribution in [-0.2, 0) is 4.74 Å². The summed E-state index contributed by atoms with van der Waals surface area (Å²) in [5.74, 6) is -0.0908. The molecule has 1 aliphatic heterocycles. The minimum Gasteiger partial charge on any atom is -0.376 e. The molecular weight excluding hydrogens is 278 g/mol. The normalized spacial score (nSPS) is 17.6. The number of nitrogens with one attached hydrogen (secondary N) is 1. The number of aromatic nitrogens is 2. The number of aryl methyl sites for hydroxylation is 1. The van der Waals surface area contributed by atoms with Crippen LogP contribution < -0.4 is 5.32 Å². The Morgan fingerprint density at radius 2 is 2.32 bits per heavy atom. The Labute approximate surface area is 130 Å². The second-order valence-electron chi connectivity index (χ2n) is 5.74. The standard InChI is InChI=1S/C17H21N3O2/c1-12-5-3-6-14(9-12)20-13(2)16(11-19-20)17(21)18-10-15-7-4-8-22-15/h3,5-6,9,11,15H,4,7-8,10H2,1-2H3,(H,18,21). The van der Waals surface area contributed by atoms with Crippen molar-refractivity contribution in [2.24, 2.45) is 0 Å². The molecular formula is C17H21N3O2. The van der Waals surface area contributed by atoms with Crippen LogP contribution in [-0.4, -0.2) is 34.9 Å². The highest BCUT2D eigenvalue weighted by Crippen LogP contribution is 2.16. The summed E-state index contributed by atoms with van der Waals surface area (Å²) < 4.78 is 7.32. The minimum atomic E-state index is -0.0908. The first-order chi connectivity index (χ1) is 10.6. The lowest BCUT2D eigenvalue weighted by atomic mass is 10.2. The van der Waals surface area contributed by atoms with E-state index in [4.69, 9.17) is 4.74 Å². The molecule has 0 saturated carbocycles. The van der Waals surface area contributed by atoms with Gasteiger partial charge in [-0.05, 0) is 44.4 Å². The van der Waals surface area contributed by atoms with Gasteiger partial charge in [-0.1, -0.05) is 12.1 Å². The fourth-order valence-corrected chi connectivity index (χ4v) is 2.76. The zero-order valence-corrected chi connectivity index (χ0v) is 13.0. The van der Waals surface area contributed by atoms with E-state index in [1.54, 1.807) is 10.9 Å². The molecule has 1 amide bonds. The van der Waals surface area contributed by atoms with Gasteiger partial charge in [0.25, 0.3) is 5.91 Å². The van der Waals surface area contributed by atoms with Gasteiger partial charge in [-0.2, -0.15) is 5.10 Å². The van der Waals surface area contributed by atoms with Crippen LogP contribution in [0.4, 0.5) is 0 Å². The number of carbonyl (C=O) groups is 1. The average Bonchev–Trinajstić information content (AvgIpc) is 3.14. The van der Waals surface area contributed by atoms with E-state index in [-0.39, 0.29) is 12.0 Å². The Hall–Kier alpha value is -2.14. The molecule has 1 aromatic heterocycles. The molecule has 2 aromatic rings. The Bertz CT molecular complexity index is 672. The molecule has 0 spiro atoms. The number of hydrogen-bond acceptors (Lipinski definition) is 3. The van der Waals surface area contributed by atoms with Crippen LogP contribution in [0.5, 0.6) is 0 Å². The third-order valence-corrected chi connectivity index (χ3v) is 4.01. The first kappa shape index (κ1) is 14.8. The molecule has 1 aromatic carbocycles. The summed E-state index contributed by atoms with van der Waals surface area (Å²) in [6.45, 7) is 5.31. The van der Waals surface area contributed by atoms with E-state index in [0.29, 0.717) is 12.1 Å². The number of amides is 1. The SMILES string of the molecule is Cc1cccc(-n2ncc(C(=O)NCC3CCCO3)c2C)c1. The van der Waals surface area contributed by atoms with E-state index < -0.39 is 0 Å². The van der Waals surface area contributed by atoms with Gasteiger partial charge >= 0.3 is 0 Å². The molecule has 5 heteroatoms. The molecule has 1 aliphatic rings. The van der Waals surface area contributed by atoms with Crippen molar-refractivity contribution in [2.45, 2.75) is 32.8 Å². The Morgan fingerprint density at radius 1 is 1.45 bits per heavy atom. The van der Waals surface area contributed by atoms with E-state index in [9.17, 15) is 4.79 Å². The molecule has 1 unspecified atom stereocenters. The first-order valence-electron chi connectivity index (χ1n) is 7.66. The second kappa shape index (κ2) is 6.32. The largest absolute Gasteiger partial charge is 0.376 e. The second-order valence-corrected chi connectivity index (χ2v) is 5.74. The topological polar surface area (TPSA) is 56.2 Å². The highest BCUT2D eigenvalue weighted by atomic mass is 16.5. The molecule has 0 radical (unpaired) electrons. The van der Waals surface area contributed by atoms with Gasteiger partial charge in [-0.15, -0.1) is 0 Å². The molecule has 1 atom stereocenters. The van der Waals surface area contributed by atoms with E-state index >= 15 is 0 Å². The van der Waals surface area contributed by atoms with Gasteiger partial charge in [-0.3, -0.25) is 4.79 Å². The minimum absolute atomic E-state index is 0.0908. The van der Waals surface area contributed by atoms with Gasteiger partial charge in [0.2, 0.25) is 0 Å². The van der Waals surface area contributed by atoms with Crippen molar-refractivity contribution in [1.29, 1.82) is 0 Å². The third kappa shape index (κ3) is 3.04. The Balaban J connectivity index is 1.73. The van der Waals surface area contributed by atoms with Gasteiger partial charge in [0.15, 0.2) is 0 Å². The first-order valence-corrected chi connectivity index (χ1v) is 7.66. The van der Waals surface area contributed by atoms with Crippen LogP contribution in [0.25, 0.3) is 5.69 Å². The molecule has 1 saturated heterocycles. The van der Waals surface area contributed by atoms with Crippen molar-refractivity contribution in [1.82, 2.24) is 15.1 Å². The lowest BCUT2D eigenvalue weighted by Crippen LogP contribution is -2.32. The van der Waals surface area contributed by atoms with Gasteiger partial charge in [0.1, 0.15) is 0 Å². The highest BCUT2D eigenvalue weighted by molar-refractivity contribution is 5.95. The molecule has 2 heterocycles. The molecule has 0 aliphatic carbocycles. The van der Waals surface area contributed by atoms with Crippen molar-refractivity contribution in [3.05, 3.63) is 47.3 Å². The Morgan fingerprint density at radius 3 is 3.05 bits per heavy atom. The van der Waals surface area contributed by atoms with Gasteiger partial charge in [0.05, 0.1) is 29.2 Å². The lowest BCUT2D eigenvalue weighted by molar-refractivity contribution is 0.0857. The smallest absolute Gasteiger partial charge is 0.254 e. The van der Waals surface area contributed by atoms with Crippen LogP contribution in [0.3, 0.4) is 0 Å². The summed E-state index contributed by atoms with van der Waals surface area (Å²) in [5, 5.41) is 7.29. The van der Waals surface area contributed by atoms with Crippen LogP contribution in [0.15, 0.2) is 30.5 Å².